The molecule has 2 aliphatic heterocycles. The molecular formula is C21H37N5S. The van der Waals surface area contributed by atoms with E-state index < -0.39 is 0 Å². The van der Waals surface area contributed by atoms with Crippen LogP contribution < -0.4 is 10.6 Å². The molecule has 3 heterocycles. The highest BCUT2D eigenvalue weighted by molar-refractivity contribution is 7.09. The SMILES string of the molecule is CCCN1CCC(NC(=NC)NCC2CCCN(Cc3cccs3)C2)CC1. The molecule has 0 spiro atoms. The minimum absolute atomic E-state index is 0.561. The number of aliphatic imine (C=N–C) groups is 1. The van der Waals surface area contributed by atoms with E-state index in [2.05, 4.69) is 49.9 Å². The van der Waals surface area contributed by atoms with Gasteiger partial charge in [0.25, 0.3) is 0 Å². The first-order chi connectivity index (χ1) is 13.3. The second-order valence-electron chi connectivity index (χ2n) is 8.04. The van der Waals surface area contributed by atoms with Crippen LogP contribution in [0, 0.1) is 5.92 Å². The van der Waals surface area contributed by atoms with E-state index in [0.29, 0.717) is 12.0 Å². The molecule has 1 aromatic heterocycles. The van der Waals surface area contributed by atoms with E-state index in [9.17, 15) is 0 Å². The number of nitrogens with one attached hydrogen (secondary N) is 2. The summed E-state index contributed by atoms with van der Waals surface area (Å²) in [6.45, 7) is 10.5. The molecule has 27 heavy (non-hydrogen) atoms. The third-order valence-electron chi connectivity index (χ3n) is 5.81. The Hall–Kier alpha value is -1.11. The molecule has 2 aliphatic rings. The Morgan fingerprint density at radius 2 is 2.07 bits per heavy atom. The van der Waals surface area contributed by atoms with Crippen molar-refractivity contribution in [2.75, 3.05) is 46.3 Å². The fourth-order valence-electron chi connectivity index (χ4n) is 4.33. The van der Waals surface area contributed by atoms with Crippen molar-refractivity contribution in [3.05, 3.63) is 22.4 Å². The van der Waals surface area contributed by atoms with Gasteiger partial charge < -0.3 is 15.5 Å². The maximum atomic E-state index is 4.47. The van der Waals surface area contributed by atoms with Crippen LogP contribution in [0.25, 0.3) is 0 Å². The highest BCUT2D eigenvalue weighted by Crippen LogP contribution is 2.20. The number of rotatable bonds is 7. The number of thiophene rings is 1. The third kappa shape index (κ3) is 6.77. The Balaban J connectivity index is 1.37. The van der Waals surface area contributed by atoms with Gasteiger partial charge in [0.05, 0.1) is 0 Å². The van der Waals surface area contributed by atoms with Gasteiger partial charge in [0.15, 0.2) is 5.96 Å². The Bertz CT molecular complexity index is 551. The first-order valence-electron chi connectivity index (χ1n) is 10.7. The molecule has 0 amide bonds. The molecule has 152 valence electrons. The number of guanidine groups is 1. The molecule has 1 atom stereocenters. The minimum atomic E-state index is 0.561. The van der Waals surface area contributed by atoms with Crippen molar-refractivity contribution in [1.29, 1.82) is 0 Å². The molecule has 5 nitrogen and oxygen atoms in total. The largest absolute Gasteiger partial charge is 0.356 e. The number of hydrogen-bond acceptors (Lipinski definition) is 4. The zero-order valence-electron chi connectivity index (χ0n) is 17.1. The first-order valence-corrected chi connectivity index (χ1v) is 11.6. The Morgan fingerprint density at radius 3 is 2.78 bits per heavy atom. The molecule has 0 aromatic carbocycles. The lowest BCUT2D eigenvalue weighted by Crippen LogP contribution is -2.50. The zero-order valence-corrected chi connectivity index (χ0v) is 17.9. The molecule has 2 fully saturated rings. The number of hydrogen-bond donors (Lipinski definition) is 2. The Kier molecular flexibility index (Phi) is 8.42. The van der Waals surface area contributed by atoms with Gasteiger partial charge >= 0.3 is 0 Å². The summed E-state index contributed by atoms with van der Waals surface area (Å²) in [6, 6.07) is 4.97. The normalized spacial score (nSPS) is 23.5. The number of likely N-dealkylation sites (tertiary alicyclic amines) is 2. The van der Waals surface area contributed by atoms with E-state index >= 15 is 0 Å². The Morgan fingerprint density at radius 1 is 1.22 bits per heavy atom. The van der Waals surface area contributed by atoms with Gasteiger partial charge in [-0.15, -0.1) is 11.3 Å². The van der Waals surface area contributed by atoms with Crippen LogP contribution in [0.2, 0.25) is 0 Å². The standard InChI is InChI=1S/C21H37N5S/c1-3-10-25-12-8-19(9-13-25)24-21(22-2)23-15-18-6-4-11-26(16-18)17-20-7-5-14-27-20/h5,7,14,18-19H,3-4,6,8-13,15-17H2,1-2H3,(H2,22,23,24). The fourth-order valence-corrected chi connectivity index (χ4v) is 5.08. The van der Waals surface area contributed by atoms with Crippen LogP contribution in [0.1, 0.15) is 43.9 Å². The summed E-state index contributed by atoms with van der Waals surface area (Å²) in [5.41, 5.74) is 0. The van der Waals surface area contributed by atoms with E-state index in [1.165, 1.54) is 69.7 Å². The van der Waals surface area contributed by atoms with Gasteiger partial charge in [0.1, 0.15) is 0 Å². The third-order valence-corrected chi connectivity index (χ3v) is 6.67. The molecule has 3 rings (SSSR count). The van der Waals surface area contributed by atoms with Gasteiger partial charge in [0, 0.05) is 50.7 Å². The lowest BCUT2D eigenvalue weighted by molar-refractivity contribution is 0.169. The molecule has 1 aromatic rings. The summed E-state index contributed by atoms with van der Waals surface area (Å²) >= 11 is 1.87. The summed E-state index contributed by atoms with van der Waals surface area (Å²) in [5.74, 6) is 1.70. The summed E-state index contributed by atoms with van der Waals surface area (Å²) in [5, 5.41) is 9.44. The van der Waals surface area contributed by atoms with Crippen LogP contribution in [-0.4, -0.2) is 68.1 Å². The smallest absolute Gasteiger partial charge is 0.191 e. The van der Waals surface area contributed by atoms with Crippen molar-refractivity contribution in [3.8, 4) is 0 Å². The lowest BCUT2D eigenvalue weighted by Gasteiger charge is -2.34. The number of piperidine rings is 2. The summed E-state index contributed by atoms with van der Waals surface area (Å²) in [6.07, 6.45) is 6.32. The van der Waals surface area contributed by atoms with Crippen LogP contribution in [0.3, 0.4) is 0 Å². The van der Waals surface area contributed by atoms with Gasteiger partial charge in [-0.1, -0.05) is 13.0 Å². The predicted octanol–water partition coefficient (Wildman–Crippen LogP) is 3.00. The average molecular weight is 392 g/mol. The predicted molar refractivity (Wildman–Crippen MR) is 117 cm³/mol. The molecule has 0 bridgehead atoms. The van der Waals surface area contributed by atoms with Crippen LogP contribution in [0.5, 0.6) is 0 Å². The summed E-state index contributed by atoms with van der Waals surface area (Å²) < 4.78 is 0. The minimum Gasteiger partial charge on any atom is -0.356 e. The van der Waals surface area contributed by atoms with Gasteiger partial charge in [-0.25, -0.2) is 0 Å². The second kappa shape index (κ2) is 11.0. The summed E-state index contributed by atoms with van der Waals surface area (Å²) in [7, 11) is 1.89. The van der Waals surface area contributed by atoms with Crippen LogP contribution in [0.4, 0.5) is 0 Å². The molecule has 6 heteroatoms. The molecule has 0 aliphatic carbocycles. The van der Waals surface area contributed by atoms with Crippen molar-refractivity contribution in [3.63, 3.8) is 0 Å². The van der Waals surface area contributed by atoms with E-state index in [1.807, 2.05) is 18.4 Å². The van der Waals surface area contributed by atoms with Crippen molar-refractivity contribution in [2.45, 2.75) is 51.6 Å². The maximum absolute atomic E-state index is 4.47. The molecule has 0 radical (unpaired) electrons. The van der Waals surface area contributed by atoms with E-state index in [4.69, 9.17) is 0 Å². The Labute approximate surface area is 169 Å². The quantitative estimate of drug-likeness (QED) is 0.554. The van der Waals surface area contributed by atoms with Crippen molar-refractivity contribution >= 4 is 17.3 Å². The number of nitrogens with zero attached hydrogens (tertiary/aromatic N) is 3. The van der Waals surface area contributed by atoms with Crippen molar-refractivity contribution in [2.24, 2.45) is 10.9 Å². The highest BCUT2D eigenvalue weighted by Gasteiger charge is 2.22. The van der Waals surface area contributed by atoms with Crippen molar-refractivity contribution < 1.29 is 0 Å². The van der Waals surface area contributed by atoms with Crippen molar-refractivity contribution in [1.82, 2.24) is 20.4 Å². The van der Waals surface area contributed by atoms with Crippen LogP contribution >= 0.6 is 11.3 Å². The molecule has 2 saturated heterocycles. The second-order valence-corrected chi connectivity index (χ2v) is 9.07. The molecular weight excluding hydrogens is 354 g/mol. The molecule has 0 saturated carbocycles. The summed E-state index contributed by atoms with van der Waals surface area (Å²) in [4.78, 5) is 11.1. The van der Waals surface area contributed by atoms with E-state index in [-0.39, 0.29) is 0 Å². The topological polar surface area (TPSA) is 42.9 Å². The molecule has 2 N–H and O–H groups in total. The van der Waals surface area contributed by atoms with Crippen LogP contribution in [0.15, 0.2) is 22.5 Å². The maximum Gasteiger partial charge on any atom is 0.191 e. The van der Waals surface area contributed by atoms with Gasteiger partial charge in [-0.05, 0) is 62.6 Å². The average Bonchev–Trinajstić information content (AvgIpc) is 3.20. The fraction of sp³-hybridized carbons (Fsp3) is 0.762. The highest BCUT2D eigenvalue weighted by atomic mass is 32.1. The zero-order chi connectivity index (χ0) is 18.9. The monoisotopic (exact) mass is 391 g/mol. The lowest BCUT2D eigenvalue weighted by atomic mass is 9.98. The van der Waals surface area contributed by atoms with Crippen LogP contribution in [-0.2, 0) is 6.54 Å². The first kappa shape index (κ1) is 20.6. The van der Waals surface area contributed by atoms with Gasteiger partial charge in [0.2, 0.25) is 0 Å². The molecule has 1 unspecified atom stereocenters. The van der Waals surface area contributed by atoms with Gasteiger partial charge in [-0.3, -0.25) is 9.89 Å². The van der Waals surface area contributed by atoms with E-state index in [1.54, 1.807) is 0 Å². The van der Waals surface area contributed by atoms with E-state index in [0.717, 1.165) is 19.0 Å². The van der Waals surface area contributed by atoms with Gasteiger partial charge in [-0.2, -0.15) is 0 Å².